The van der Waals surface area contributed by atoms with Gasteiger partial charge in [0, 0.05) is 11.1 Å². The molecule has 0 aliphatic carbocycles. The maximum absolute atomic E-state index is 11.8. The molecule has 0 spiro atoms. The maximum atomic E-state index is 11.8. The molecule has 0 aliphatic heterocycles. The molecule has 0 saturated carbocycles. The Kier molecular flexibility index (Phi) is 3.54. The standard InChI is InChI=1S/C6H4F3NS.H2O/c7-6(8,9)5-2-1-4(11)3-10-5;/h1-3,11H;1H2. The second-order valence-corrected chi connectivity index (χ2v) is 2.42. The average molecular weight is 197 g/mol. The van der Waals surface area contributed by atoms with E-state index in [1.54, 1.807) is 0 Å². The van der Waals surface area contributed by atoms with Crippen molar-refractivity contribution in [1.82, 2.24) is 4.98 Å². The van der Waals surface area contributed by atoms with Crippen molar-refractivity contribution in [2.45, 2.75) is 11.1 Å². The molecule has 6 heteroatoms. The number of rotatable bonds is 0. The van der Waals surface area contributed by atoms with E-state index in [-0.39, 0.29) is 5.48 Å². The maximum Gasteiger partial charge on any atom is 0.433 e. The molecule has 0 amide bonds. The summed E-state index contributed by atoms with van der Waals surface area (Å²) in [5, 5.41) is 0. The fourth-order valence-electron chi connectivity index (χ4n) is 0.554. The smallest absolute Gasteiger partial charge is 0.412 e. The summed E-state index contributed by atoms with van der Waals surface area (Å²) in [6.45, 7) is 0. The van der Waals surface area contributed by atoms with Gasteiger partial charge in [0.05, 0.1) is 0 Å². The van der Waals surface area contributed by atoms with Gasteiger partial charge in [-0.1, -0.05) is 0 Å². The third-order valence-corrected chi connectivity index (χ3v) is 1.30. The Morgan fingerprint density at radius 3 is 2.17 bits per heavy atom. The lowest BCUT2D eigenvalue weighted by Crippen LogP contribution is -2.06. The van der Waals surface area contributed by atoms with E-state index in [0.29, 0.717) is 4.90 Å². The van der Waals surface area contributed by atoms with Gasteiger partial charge in [0.2, 0.25) is 0 Å². The Balaban J connectivity index is 0.00000121. The predicted octanol–water partition coefficient (Wildman–Crippen LogP) is 1.56. The van der Waals surface area contributed by atoms with Gasteiger partial charge in [-0.3, -0.25) is 4.98 Å². The van der Waals surface area contributed by atoms with Gasteiger partial charge in [-0.15, -0.1) is 12.6 Å². The number of hydrogen-bond acceptors (Lipinski definition) is 2. The number of halogens is 3. The van der Waals surface area contributed by atoms with Crippen LogP contribution in [0.5, 0.6) is 0 Å². The molecule has 2 nitrogen and oxygen atoms in total. The highest BCUT2D eigenvalue weighted by Gasteiger charge is 2.31. The quantitative estimate of drug-likeness (QED) is 0.630. The lowest BCUT2D eigenvalue weighted by molar-refractivity contribution is -0.141. The van der Waals surface area contributed by atoms with Crippen LogP contribution in [0.2, 0.25) is 0 Å². The van der Waals surface area contributed by atoms with Gasteiger partial charge in [0.15, 0.2) is 0 Å². The molecule has 12 heavy (non-hydrogen) atoms. The molecular formula is C6H6F3NOS. The van der Waals surface area contributed by atoms with Gasteiger partial charge < -0.3 is 5.48 Å². The van der Waals surface area contributed by atoms with Crippen LogP contribution in [0.1, 0.15) is 5.69 Å². The highest BCUT2D eigenvalue weighted by atomic mass is 32.1. The molecule has 0 aliphatic rings. The van der Waals surface area contributed by atoms with Crippen molar-refractivity contribution in [3.05, 3.63) is 24.0 Å². The zero-order chi connectivity index (χ0) is 8.48. The fraction of sp³-hybridized carbons (Fsp3) is 0.167. The summed E-state index contributed by atoms with van der Waals surface area (Å²) in [6, 6.07) is 2.14. The van der Waals surface area contributed by atoms with E-state index in [9.17, 15) is 13.2 Å². The minimum atomic E-state index is -4.36. The minimum absolute atomic E-state index is 0. The number of pyridine rings is 1. The van der Waals surface area contributed by atoms with Gasteiger partial charge in [-0.2, -0.15) is 13.2 Å². The molecule has 0 saturated heterocycles. The van der Waals surface area contributed by atoms with Crippen LogP contribution in [0, 0.1) is 0 Å². The first-order chi connectivity index (χ1) is 5.00. The zero-order valence-corrected chi connectivity index (χ0v) is 6.65. The number of aromatic nitrogens is 1. The molecule has 68 valence electrons. The average Bonchev–Trinajstić information content (AvgIpc) is 1.86. The summed E-state index contributed by atoms with van der Waals surface area (Å²) in [5.41, 5.74) is -0.893. The second-order valence-electron chi connectivity index (χ2n) is 1.90. The molecule has 0 unspecified atom stereocenters. The summed E-state index contributed by atoms with van der Waals surface area (Å²) in [7, 11) is 0. The number of thiol groups is 1. The monoisotopic (exact) mass is 197 g/mol. The summed E-state index contributed by atoms with van der Waals surface area (Å²) in [4.78, 5) is 3.56. The molecule has 0 fully saturated rings. The van der Waals surface area contributed by atoms with Crippen LogP contribution < -0.4 is 0 Å². The van der Waals surface area contributed by atoms with Crippen LogP contribution in [0.15, 0.2) is 23.2 Å². The first kappa shape index (κ1) is 11.2. The van der Waals surface area contributed by atoms with E-state index < -0.39 is 11.9 Å². The largest absolute Gasteiger partial charge is 0.433 e. The van der Waals surface area contributed by atoms with Gasteiger partial charge >= 0.3 is 6.18 Å². The summed E-state index contributed by atoms with van der Waals surface area (Å²) < 4.78 is 35.5. The first-order valence-electron chi connectivity index (χ1n) is 2.72. The molecule has 1 rings (SSSR count). The van der Waals surface area contributed by atoms with E-state index in [4.69, 9.17) is 0 Å². The van der Waals surface area contributed by atoms with Crippen molar-refractivity contribution in [1.29, 1.82) is 0 Å². The Hall–Kier alpha value is -0.750. The molecule has 2 N–H and O–H groups in total. The Morgan fingerprint density at radius 2 is 1.83 bits per heavy atom. The van der Waals surface area contributed by atoms with E-state index in [1.165, 1.54) is 6.07 Å². The molecule has 1 aromatic rings. The van der Waals surface area contributed by atoms with Crippen LogP contribution in [0.4, 0.5) is 13.2 Å². The molecule has 0 bridgehead atoms. The summed E-state index contributed by atoms with van der Waals surface area (Å²) >= 11 is 3.80. The predicted molar refractivity (Wildman–Crippen MR) is 40.1 cm³/mol. The van der Waals surface area contributed by atoms with Crippen LogP contribution in [-0.2, 0) is 6.18 Å². The number of alkyl halides is 3. The van der Waals surface area contributed by atoms with Gasteiger partial charge in [0.25, 0.3) is 0 Å². The van der Waals surface area contributed by atoms with Crippen molar-refractivity contribution in [2.75, 3.05) is 0 Å². The Morgan fingerprint density at radius 1 is 1.25 bits per heavy atom. The first-order valence-corrected chi connectivity index (χ1v) is 3.17. The third-order valence-electron chi connectivity index (χ3n) is 1.04. The molecule has 1 aromatic heterocycles. The van der Waals surface area contributed by atoms with Gasteiger partial charge in [-0.25, -0.2) is 0 Å². The molecule has 0 atom stereocenters. The molecular weight excluding hydrogens is 191 g/mol. The molecule has 1 heterocycles. The van der Waals surface area contributed by atoms with Crippen molar-refractivity contribution in [2.24, 2.45) is 0 Å². The SMILES string of the molecule is FC(F)(F)c1ccc(S)cn1.O. The highest BCUT2D eigenvalue weighted by molar-refractivity contribution is 7.80. The summed E-state index contributed by atoms with van der Waals surface area (Å²) in [5.74, 6) is 0. The number of hydrogen-bond donors (Lipinski definition) is 1. The fourth-order valence-corrected chi connectivity index (χ4v) is 0.686. The van der Waals surface area contributed by atoms with Crippen molar-refractivity contribution < 1.29 is 18.6 Å². The lowest BCUT2D eigenvalue weighted by Gasteiger charge is -2.03. The third kappa shape index (κ3) is 2.71. The molecule has 0 radical (unpaired) electrons. The van der Waals surface area contributed by atoms with Gasteiger partial charge in [0.1, 0.15) is 5.69 Å². The van der Waals surface area contributed by atoms with E-state index in [1.807, 2.05) is 0 Å². The lowest BCUT2D eigenvalue weighted by atomic mass is 10.3. The molecule has 0 aromatic carbocycles. The summed E-state index contributed by atoms with van der Waals surface area (Å²) in [6.07, 6.45) is -3.30. The van der Waals surface area contributed by atoms with Crippen molar-refractivity contribution in [3.8, 4) is 0 Å². The Bertz CT molecular complexity index is 246. The van der Waals surface area contributed by atoms with Crippen molar-refractivity contribution in [3.63, 3.8) is 0 Å². The van der Waals surface area contributed by atoms with E-state index >= 15 is 0 Å². The Labute approximate surface area is 72.1 Å². The van der Waals surface area contributed by atoms with Crippen LogP contribution in [0.25, 0.3) is 0 Å². The minimum Gasteiger partial charge on any atom is -0.412 e. The number of nitrogens with zero attached hydrogens (tertiary/aromatic N) is 1. The zero-order valence-electron chi connectivity index (χ0n) is 5.76. The van der Waals surface area contributed by atoms with Crippen LogP contribution in [-0.4, -0.2) is 10.5 Å². The second kappa shape index (κ2) is 3.77. The van der Waals surface area contributed by atoms with E-state index in [2.05, 4.69) is 17.6 Å². The van der Waals surface area contributed by atoms with Crippen LogP contribution in [0.3, 0.4) is 0 Å². The highest BCUT2D eigenvalue weighted by Crippen LogP contribution is 2.27. The van der Waals surface area contributed by atoms with Gasteiger partial charge in [-0.05, 0) is 12.1 Å². The van der Waals surface area contributed by atoms with Crippen molar-refractivity contribution >= 4 is 12.6 Å². The normalized spacial score (nSPS) is 10.7. The van der Waals surface area contributed by atoms with E-state index in [0.717, 1.165) is 12.3 Å². The topological polar surface area (TPSA) is 44.4 Å². The van der Waals surface area contributed by atoms with Crippen LogP contribution >= 0.6 is 12.6 Å².